The molecule has 100 valence electrons. The fraction of sp³-hybridized carbons (Fsp3) is 0.600. The number of hydrogen-bond acceptors (Lipinski definition) is 2. The maximum atomic E-state index is 13.3. The number of aryl methyl sites for hydroxylation is 1. The molecule has 0 aliphatic carbocycles. The van der Waals surface area contributed by atoms with Crippen LogP contribution in [-0.4, -0.2) is 25.7 Å². The van der Waals surface area contributed by atoms with E-state index in [2.05, 4.69) is 31.0 Å². The van der Waals surface area contributed by atoms with Crippen LogP contribution in [0.5, 0.6) is 0 Å². The lowest BCUT2D eigenvalue weighted by molar-refractivity contribution is 0.254. The average molecular weight is 250 g/mol. The van der Waals surface area contributed by atoms with Gasteiger partial charge in [-0.05, 0) is 36.1 Å². The van der Waals surface area contributed by atoms with Gasteiger partial charge in [0.1, 0.15) is 5.82 Å². The third-order valence-corrected chi connectivity index (χ3v) is 3.73. The van der Waals surface area contributed by atoms with Gasteiger partial charge in [0.15, 0.2) is 0 Å². The summed E-state index contributed by atoms with van der Waals surface area (Å²) in [5, 5.41) is 3.57. The van der Waals surface area contributed by atoms with Crippen LogP contribution in [0.25, 0.3) is 0 Å². The molecule has 1 fully saturated rings. The Hall–Kier alpha value is -1.09. The quantitative estimate of drug-likeness (QED) is 0.824. The molecule has 1 saturated heterocycles. The minimum atomic E-state index is -0.124. The Kier molecular flexibility index (Phi) is 3.62. The van der Waals surface area contributed by atoms with Gasteiger partial charge in [-0.2, -0.15) is 0 Å². The van der Waals surface area contributed by atoms with Gasteiger partial charge in [0.2, 0.25) is 0 Å². The standard InChI is InChI=1S/C15H23FN2/c1-11-9-12(5-6-13(11)16)18-8-7-17-14(10-18)15(2,3)4/h5-6,9,14,17H,7-8,10H2,1-4H3. The number of nitrogens with zero attached hydrogens (tertiary/aromatic N) is 1. The summed E-state index contributed by atoms with van der Waals surface area (Å²) in [6, 6.07) is 5.86. The highest BCUT2D eigenvalue weighted by atomic mass is 19.1. The van der Waals surface area contributed by atoms with E-state index in [1.165, 1.54) is 0 Å². The van der Waals surface area contributed by atoms with Gasteiger partial charge in [-0.25, -0.2) is 4.39 Å². The zero-order valence-electron chi connectivity index (χ0n) is 11.8. The van der Waals surface area contributed by atoms with Crippen molar-refractivity contribution in [2.45, 2.75) is 33.7 Å². The van der Waals surface area contributed by atoms with Gasteiger partial charge < -0.3 is 10.2 Å². The summed E-state index contributed by atoms with van der Waals surface area (Å²) in [7, 11) is 0. The topological polar surface area (TPSA) is 15.3 Å². The van der Waals surface area contributed by atoms with Crippen molar-refractivity contribution in [2.75, 3.05) is 24.5 Å². The lowest BCUT2D eigenvalue weighted by Gasteiger charge is -2.41. The van der Waals surface area contributed by atoms with Crippen LogP contribution in [0, 0.1) is 18.2 Å². The van der Waals surface area contributed by atoms with Crippen molar-refractivity contribution in [3.63, 3.8) is 0 Å². The molecule has 1 aromatic carbocycles. The monoisotopic (exact) mass is 250 g/mol. The molecule has 0 amide bonds. The predicted octanol–water partition coefficient (Wildman–Crippen LogP) is 2.96. The smallest absolute Gasteiger partial charge is 0.126 e. The molecule has 0 bridgehead atoms. The number of hydrogen-bond donors (Lipinski definition) is 1. The molecule has 1 unspecified atom stereocenters. The molecule has 2 rings (SSSR count). The van der Waals surface area contributed by atoms with Crippen LogP contribution in [0.2, 0.25) is 0 Å². The number of benzene rings is 1. The minimum Gasteiger partial charge on any atom is -0.369 e. The summed E-state index contributed by atoms with van der Waals surface area (Å²) in [5.41, 5.74) is 2.09. The number of piperazine rings is 1. The Balaban J connectivity index is 2.15. The number of nitrogens with one attached hydrogen (secondary N) is 1. The van der Waals surface area contributed by atoms with Crippen molar-refractivity contribution < 1.29 is 4.39 Å². The molecule has 1 aliphatic heterocycles. The molecule has 0 saturated carbocycles. The largest absolute Gasteiger partial charge is 0.369 e. The normalized spacial score (nSPS) is 21.2. The van der Waals surface area contributed by atoms with E-state index in [4.69, 9.17) is 0 Å². The van der Waals surface area contributed by atoms with Crippen molar-refractivity contribution in [1.29, 1.82) is 0 Å². The molecule has 0 spiro atoms. The van der Waals surface area contributed by atoms with Crippen LogP contribution in [0.1, 0.15) is 26.3 Å². The summed E-state index contributed by atoms with van der Waals surface area (Å²) in [5.74, 6) is -0.124. The number of halogens is 1. The SMILES string of the molecule is Cc1cc(N2CCNC(C(C)(C)C)C2)ccc1F. The summed E-state index contributed by atoms with van der Waals surface area (Å²) < 4.78 is 13.3. The molecule has 1 aliphatic rings. The second kappa shape index (κ2) is 4.88. The van der Waals surface area contributed by atoms with Crippen LogP contribution in [-0.2, 0) is 0 Å². The van der Waals surface area contributed by atoms with Gasteiger partial charge in [-0.3, -0.25) is 0 Å². The Morgan fingerprint density at radius 1 is 1.33 bits per heavy atom. The fourth-order valence-corrected chi connectivity index (χ4v) is 2.39. The molecule has 1 aromatic rings. The number of rotatable bonds is 1. The number of anilines is 1. The zero-order chi connectivity index (χ0) is 13.3. The van der Waals surface area contributed by atoms with Crippen molar-refractivity contribution in [3.05, 3.63) is 29.6 Å². The van der Waals surface area contributed by atoms with Gasteiger partial charge in [0.05, 0.1) is 0 Å². The molecule has 0 aromatic heterocycles. The van der Waals surface area contributed by atoms with Crippen LogP contribution in [0.3, 0.4) is 0 Å². The molecular weight excluding hydrogens is 227 g/mol. The summed E-state index contributed by atoms with van der Waals surface area (Å²) in [6.07, 6.45) is 0. The van der Waals surface area contributed by atoms with E-state index in [0.29, 0.717) is 6.04 Å². The van der Waals surface area contributed by atoms with E-state index in [1.807, 2.05) is 19.1 Å². The van der Waals surface area contributed by atoms with Crippen LogP contribution < -0.4 is 10.2 Å². The lowest BCUT2D eigenvalue weighted by Crippen LogP contribution is -2.56. The van der Waals surface area contributed by atoms with Crippen molar-refractivity contribution in [1.82, 2.24) is 5.32 Å². The summed E-state index contributed by atoms with van der Waals surface area (Å²) in [4.78, 5) is 2.35. The molecule has 1 atom stereocenters. The Morgan fingerprint density at radius 2 is 2.06 bits per heavy atom. The molecule has 2 nitrogen and oxygen atoms in total. The first kappa shape index (κ1) is 13.3. The van der Waals surface area contributed by atoms with Crippen LogP contribution >= 0.6 is 0 Å². The lowest BCUT2D eigenvalue weighted by atomic mass is 9.85. The minimum absolute atomic E-state index is 0.124. The van der Waals surface area contributed by atoms with E-state index < -0.39 is 0 Å². The highest BCUT2D eigenvalue weighted by Gasteiger charge is 2.29. The second-order valence-electron chi connectivity index (χ2n) is 6.25. The van der Waals surface area contributed by atoms with Crippen LogP contribution in [0.15, 0.2) is 18.2 Å². The second-order valence-corrected chi connectivity index (χ2v) is 6.25. The zero-order valence-corrected chi connectivity index (χ0v) is 11.8. The third-order valence-electron chi connectivity index (χ3n) is 3.73. The molecule has 1 heterocycles. The van der Waals surface area contributed by atoms with E-state index in [0.717, 1.165) is 30.9 Å². The van der Waals surface area contributed by atoms with Crippen molar-refractivity contribution in [2.24, 2.45) is 5.41 Å². The highest BCUT2D eigenvalue weighted by molar-refractivity contribution is 5.49. The maximum absolute atomic E-state index is 13.3. The van der Waals surface area contributed by atoms with E-state index in [1.54, 1.807) is 6.07 Å². The molecule has 3 heteroatoms. The highest BCUT2D eigenvalue weighted by Crippen LogP contribution is 2.25. The molecule has 18 heavy (non-hydrogen) atoms. The van der Waals surface area contributed by atoms with E-state index in [-0.39, 0.29) is 11.2 Å². The van der Waals surface area contributed by atoms with Crippen LogP contribution in [0.4, 0.5) is 10.1 Å². The molecule has 0 radical (unpaired) electrons. The Labute approximate surface area is 109 Å². The van der Waals surface area contributed by atoms with Gasteiger partial charge in [-0.15, -0.1) is 0 Å². The summed E-state index contributed by atoms with van der Waals surface area (Å²) in [6.45, 7) is 11.5. The maximum Gasteiger partial charge on any atom is 0.126 e. The molecule has 1 N–H and O–H groups in total. The first-order valence-electron chi connectivity index (χ1n) is 6.62. The van der Waals surface area contributed by atoms with Gasteiger partial charge in [-0.1, -0.05) is 20.8 Å². The average Bonchev–Trinajstić information content (AvgIpc) is 2.32. The first-order chi connectivity index (χ1) is 8.38. The predicted molar refractivity (Wildman–Crippen MR) is 74.6 cm³/mol. The van der Waals surface area contributed by atoms with Crippen molar-refractivity contribution in [3.8, 4) is 0 Å². The van der Waals surface area contributed by atoms with Gasteiger partial charge in [0, 0.05) is 31.4 Å². The first-order valence-corrected chi connectivity index (χ1v) is 6.62. The van der Waals surface area contributed by atoms with E-state index >= 15 is 0 Å². The van der Waals surface area contributed by atoms with E-state index in [9.17, 15) is 4.39 Å². The van der Waals surface area contributed by atoms with Crippen molar-refractivity contribution >= 4 is 5.69 Å². The fourth-order valence-electron chi connectivity index (χ4n) is 2.39. The van der Waals surface area contributed by atoms with Gasteiger partial charge in [0.25, 0.3) is 0 Å². The molecular formula is C15H23FN2. The Morgan fingerprint density at radius 3 is 2.67 bits per heavy atom. The Bertz CT molecular complexity index is 423. The summed E-state index contributed by atoms with van der Waals surface area (Å²) >= 11 is 0. The van der Waals surface area contributed by atoms with Gasteiger partial charge >= 0.3 is 0 Å². The third kappa shape index (κ3) is 2.83.